The van der Waals surface area contributed by atoms with Crippen LogP contribution in [0.15, 0.2) is 0 Å². The Morgan fingerprint density at radius 2 is 1.09 bits per heavy atom. The SMILES string of the molecule is CC(C)CC(NC(=O)NC(CC(C)C)C(=O)NO)C(=O)NO. The minimum Gasteiger partial charge on any atom is -0.326 e. The zero-order valence-corrected chi connectivity index (χ0v) is 13.3. The van der Waals surface area contributed by atoms with E-state index in [2.05, 4.69) is 10.6 Å². The number of rotatable bonds is 8. The van der Waals surface area contributed by atoms with Crippen LogP contribution in [0.2, 0.25) is 0 Å². The van der Waals surface area contributed by atoms with Gasteiger partial charge in [-0.2, -0.15) is 0 Å². The van der Waals surface area contributed by atoms with Crippen LogP contribution in [0.5, 0.6) is 0 Å². The number of carbonyl (C=O) groups is 3. The molecule has 0 spiro atoms. The van der Waals surface area contributed by atoms with Gasteiger partial charge in [0.05, 0.1) is 0 Å². The second kappa shape index (κ2) is 9.96. The van der Waals surface area contributed by atoms with E-state index in [-0.39, 0.29) is 11.8 Å². The molecule has 0 radical (unpaired) electrons. The Balaban J connectivity index is 4.76. The summed E-state index contributed by atoms with van der Waals surface area (Å²) in [6.07, 6.45) is 0.641. The van der Waals surface area contributed by atoms with Gasteiger partial charge in [-0.3, -0.25) is 20.0 Å². The third kappa shape index (κ3) is 7.79. The Morgan fingerprint density at radius 1 is 0.773 bits per heavy atom. The fourth-order valence-corrected chi connectivity index (χ4v) is 1.92. The molecule has 0 aromatic carbocycles. The number of carbonyl (C=O) groups excluding carboxylic acids is 3. The van der Waals surface area contributed by atoms with Crippen molar-refractivity contribution < 1.29 is 24.8 Å². The molecule has 0 saturated carbocycles. The molecule has 0 bridgehead atoms. The number of amides is 4. The summed E-state index contributed by atoms with van der Waals surface area (Å²) >= 11 is 0. The lowest BCUT2D eigenvalue weighted by Crippen LogP contribution is -2.55. The molecule has 9 heteroatoms. The van der Waals surface area contributed by atoms with Gasteiger partial charge >= 0.3 is 6.03 Å². The van der Waals surface area contributed by atoms with Gasteiger partial charge < -0.3 is 10.6 Å². The van der Waals surface area contributed by atoms with Crippen LogP contribution in [0.3, 0.4) is 0 Å². The zero-order valence-electron chi connectivity index (χ0n) is 13.3. The maximum absolute atomic E-state index is 11.9. The minimum absolute atomic E-state index is 0.106. The van der Waals surface area contributed by atoms with Crippen molar-refractivity contribution in [2.45, 2.75) is 52.6 Å². The van der Waals surface area contributed by atoms with Gasteiger partial charge in [-0.1, -0.05) is 27.7 Å². The number of hydroxylamine groups is 2. The standard InChI is InChI=1S/C13H26N4O5/c1-7(2)5-9(11(18)16-21)14-13(20)15-10(6-8(3)4)12(19)17-22/h7-10,21-22H,5-6H2,1-4H3,(H,16,18)(H,17,19)(H2,14,15,20). The van der Waals surface area contributed by atoms with Crippen molar-refractivity contribution in [2.24, 2.45) is 11.8 Å². The molecule has 0 aliphatic carbocycles. The number of hydrogen-bond acceptors (Lipinski definition) is 5. The molecule has 9 nitrogen and oxygen atoms in total. The summed E-state index contributed by atoms with van der Waals surface area (Å²) in [5.74, 6) is -1.27. The van der Waals surface area contributed by atoms with Gasteiger partial charge in [-0.15, -0.1) is 0 Å². The van der Waals surface area contributed by atoms with E-state index < -0.39 is 29.9 Å². The highest BCUT2D eigenvalue weighted by Crippen LogP contribution is 2.07. The van der Waals surface area contributed by atoms with Crippen LogP contribution in [0.25, 0.3) is 0 Å². The maximum atomic E-state index is 11.9. The Bertz CT molecular complexity index is 353. The Labute approximate surface area is 129 Å². The molecular weight excluding hydrogens is 292 g/mol. The topological polar surface area (TPSA) is 140 Å². The van der Waals surface area contributed by atoms with Crippen molar-refractivity contribution >= 4 is 17.8 Å². The highest BCUT2D eigenvalue weighted by Gasteiger charge is 2.25. The Hall–Kier alpha value is -1.87. The van der Waals surface area contributed by atoms with E-state index in [9.17, 15) is 14.4 Å². The van der Waals surface area contributed by atoms with Crippen LogP contribution >= 0.6 is 0 Å². The third-order valence-electron chi connectivity index (χ3n) is 2.88. The number of nitrogens with one attached hydrogen (secondary N) is 4. The summed E-state index contributed by atoms with van der Waals surface area (Å²) in [7, 11) is 0. The van der Waals surface area contributed by atoms with Gasteiger partial charge in [0.15, 0.2) is 0 Å². The molecule has 0 heterocycles. The van der Waals surface area contributed by atoms with Crippen molar-refractivity contribution in [3.63, 3.8) is 0 Å². The molecule has 0 fully saturated rings. The van der Waals surface area contributed by atoms with Crippen LogP contribution in [-0.4, -0.2) is 40.3 Å². The van der Waals surface area contributed by atoms with E-state index in [4.69, 9.17) is 10.4 Å². The molecule has 0 aromatic rings. The fourth-order valence-electron chi connectivity index (χ4n) is 1.92. The molecule has 22 heavy (non-hydrogen) atoms. The predicted octanol–water partition coefficient (Wildman–Crippen LogP) is 0.126. The minimum atomic E-state index is -0.929. The fraction of sp³-hybridized carbons (Fsp3) is 0.769. The second-order valence-corrected chi connectivity index (χ2v) is 5.93. The molecule has 0 rings (SSSR count). The predicted molar refractivity (Wildman–Crippen MR) is 78.0 cm³/mol. The normalized spacial score (nSPS) is 13.5. The Kier molecular flexibility index (Phi) is 9.11. The first kappa shape index (κ1) is 20.1. The number of hydrogen-bond donors (Lipinski definition) is 6. The van der Waals surface area contributed by atoms with E-state index in [0.29, 0.717) is 12.8 Å². The van der Waals surface area contributed by atoms with E-state index in [1.807, 2.05) is 27.7 Å². The van der Waals surface area contributed by atoms with Crippen LogP contribution in [0, 0.1) is 11.8 Å². The van der Waals surface area contributed by atoms with Crippen molar-refractivity contribution in [3.8, 4) is 0 Å². The molecule has 2 atom stereocenters. The second-order valence-electron chi connectivity index (χ2n) is 5.93. The molecule has 0 aliphatic heterocycles. The zero-order chi connectivity index (χ0) is 17.3. The lowest BCUT2D eigenvalue weighted by atomic mass is 10.0. The van der Waals surface area contributed by atoms with Gasteiger partial charge in [-0.25, -0.2) is 15.8 Å². The molecule has 4 amide bonds. The summed E-state index contributed by atoms with van der Waals surface area (Å²) in [4.78, 5) is 34.9. The van der Waals surface area contributed by atoms with Gasteiger partial charge in [0, 0.05) is 0 Å². The summed E-state index contributed by atoms with van der Waals surface area (Å²) in [6.45, 7) is 7.44. The molecule has 0 aromatic heterocycles. The summed E-state index contributed by atoms with van der Waals surface area (Å²) in [5, 5.41) is 22.2. The summed E-state index contributed by atoms with van der Waals surface area (Å²) < 4.78 is 0. The lowest BCUT2D eigenvalue weighted by molar-refractivity contribution is -0.131. The van der Waals surface area contributed by atoms with Gasteiger partial charge in [0.1, 0.15) is 12.1 Å². The van der Waals surface area contributed by atoms with E-state index in [0.717, 1.165) is 0 Å². The van der Waals surface area contributed by atoms with Crippen molar-refractivity contribution in [2.75, 3.05) is 0 Å². The molecule has 2 unspecified atom stereocenters. The monoisotopic (exact) mass is 318 g/mol. The van der Waals surface area contributed by atoms with E-state index in [1.165, 1.54) is 11.0 Å². The first-order valence-corrected chi connectivity index (χ1v) is 7.16. The van der Waals surface area contributed by atoms with Gasteiger partial charge in [0.25, 0.3) is 11.8 Å². The molecule has 128 valence electrons. The molecular formula is C13H26N4O5. The highest BCUT2D eigenvalue weighted by atomic mass is 16.5. The first-order chi connectivity index (χ1) is 10.2. The van der Waals surface area contributed by atoms with Crippen molar-refractivity contribution in [3.05, 3.63) is 0 Å². The Morgan fingerprint density at radius 3 is 1.32 bits per heavy atom. The third-order valence-corrected chi connectivity index (χ3v) is 2.88. The largest absolute Gasteiger partial charge is 0.326 e. The van der Waals surface area contributed by atoms with Crippen LogP contribution < -0.4 is 21.6 Å². The quantitative estimate of drug-likeness (QED) is 0.279. The van der Waals surface area contributed by atoms with Crippen molar-refractivity contribution in [1.82, 2.24) is 21.6 Å². The molecule has 6 N–H and O–H groups in total. The average molecular weight is 318 g/mol. The van der Waals surface area contributed by atoms with Crippen LogP contribution in [0.1, 0.15) is 40.5 Å². The van der Waals surface area contributed by atoms with Crippen LogP contribution in [-0.2, 0) is 9.59 Å². The smallest absolute Gasteiger partial charge is 0.316 e. The van der Waals surface area contributed by atoms with Crippen LogP contribution in [0.4, 0.5) is 4.79 Å². The molecule has 0 aliphatic rings. The lowest BCUT2D eigenvalue weighted by Gasteiger charge is -2.22. The maximum Gasteiger partial charge on any atom is 0.316 e. The molecule has 0 saturated heterocycles. The first-order valence-electron chi connectivity index (χ1n) is 7.16. The summed E-state index contributed by atoms with van der Waals surface area (Å²) in [5.41, 5.74) is 2.99. The average Bonchev–Trinajstić information content (AvgIpc) is 2.43. The van der Waals surface area contributed by atoms with E-state index in [1.54, 1.807) is 0 Å². The summed E-state index contributed by atoms with van der Waals surface area (Å²) in [6, 6.07) is -2.59. The number of urea groups is 1. The van der Waals surface area contributed by atoms with Crippen molar-refractivity contribution in [1.29, 1.82) is 0 Å². The highest BCUT2D eigenvalue weighted by molar-refractivity contribution is 5.89. The van der Waals surface area contributed by atoms with E-state index >= 15 is 0 Å². The van der Waals surface area contributed by atoms with Gasteiger partial charge in [-0.05, 0) is 24.7 Å². The van der Waals surface area contributed by atoms with Gasteiger partial charge in [0.2, 0.25) is 0 Å².